The lowest BCUT2D eigenvalue weighted by atomic mass is 10.2. The fourth-order valence-corrected chi connectivity index (χ4v) is 2.97. The number of carbonyl (C=O) groups excluding carboxylic acids is 2. The summed E-state index contributed by atoms with van der Waals surface area (Å²) in [7, 11) is 1.30. The maximum absolute atomic E-state index is 12.6. The number of anilines is 1. The lowest BCUT2D eigenvalue weighted by Gasteiger charge is -2.11. The number of methoxy groups -OCH3 is 1. The lowest BCUT2D eigenvalue weighted by Crippen LogP contribution is -2.14. The second-order valence-corrected chi connectivity index (χ2v) is 5.94. The lowest BCUT2D eigenvalue weighted by molar-refractivity contribution is 0.0607. The zero-order chi connectivity index (χ0) is 17.6. The number of esters is 1. The summed E-state index contributed by atoms with van der Waals surface area (Å²) >= 11 is 1.21. The van der Waals surface area contributed by atoms with Gasteiger partial charge < -0.3 is 14.8 Å². The van der Waals surface area contributed by atoms with Gasteiger partial charge in [0.05, 0.1) is 18.4 Å². The van der Waals surface area contributed by atoms with Crippen LogP contribution in [0.1, 0.15) is 20.0 Å². The summed E-state index contributed by atoms with van der Waals surface area (Å²) in [6.07, 6.45) is 0. The second kappa shape index (κ2) is 7.63. The molecule has 1 aromatic heterocycles. The minimum absolute atomic E-state index is 0.345. The summed E-state index contributed by atoms with van der Waals surface area (Å²) in [5.74, 6) is 0.212. The normalized spacial score (nSPS) is 10.1. The molecule has 25 heavy (non-hydrogen) atoms. The predicted octanol–water partition coefficient (Wildman–Crippen LogP) is 4.58. The molecule has 1 amide bonds. The third-order valence-corrected chi connectivity index (χ3v) is 4.28. The number of nitrogens with one attached hydrogen (secondary N) is 1. The van der Waals surface area contributed by atoms with Crippen molar-refractivity contribution < 1.29 is 19.1 Å². The highest BCUT2D eigenvalue weighted by Crippen LogP contribution is 2.28. The van der Waals surface area contributed by atoms with Gasteiger partial charge in [0.2, 0.25) is 0 Å². The van der Waals surface area contributed by atoms with Gasteiger partial charge in [0.25, 0.3) is 5.91 Å². The number of rotatable bonds is 5. The minimum atomic E-state index is -0.487. The van der Waals surface area contributed by atoms with Gasteiger partial charge >= 0.3 is 5.97 Å². The maximum atomic E-state index is 12.6. The monoisotopic (exact) mass is 353 g/mol. The molecule has 6 heteroatoms. The van der Waals surface area contributed by atoms with Crippen LogP contribution in [-0.2, 0) is 4.74 Å². The Bertz CT molecular complexity index is 889. The largest absolute Gasteiger partial charge is 0.465 e. The number of amides is 1. The molecule has 0 spiro atoms. The van der Waals surface area contributed by atoms with Crippen LogP contribution in [-0.4, -0.2) is 19.0 Å². The Morgan fingerprint density at radius 3 is 2.44 bits per heavy atom. The third-order valence-electron chi connectivity index (χ3n) is 3.39. The number of carbonyl (C=O) groups is 2. The molecule has 0 unspecified atom stereocenters. The van der Waals surface area contributed by atoms with E-state index in [1.165, 1.54) is 18.4 Å². The van der Waals surface area contributed by atoms with Crippen molar-refractivity contribution in [3.05, 3.63) is 76.5 Å². The van der Waals surface area contributed by atoms with Crippen molar-refractivity contribution in [2.45, 2.75) is 0 Å². The fourth-order valence-electron chi connectivity index (χ4n) is 2.21. The van der Waals surface area contributed by atoms with E-state index in [2.05, 4.69) is 5.32 Å². The molecular formula is C19H15NO4S. The summed E-state index contributed by atoms with van der Waals surface area (Å²) in [5, 5.41) is 4.46. The van der Waals surface area contributed by atoms with E-state index in [0.717, 1.165) is 0 Å². The number of ether oxygens (including phenoxy) is 2. The zero-order valence-corrected chi connectivity index (χ0v) is 14.2. The molecule has 0 aliphatic heterocycles. The average Bonchev–Trinajstić information content (AvgIpc) is 3.10. The van der Waals surface area contributed by atoms with Gasteiger partial charge in [-0.3, -0.25) is 4.79 Å². The van der Waals surface area contributed by atoms with Crippen LogP contribution in [0.2, 0.25) is 0 Å². The molecule has 1 heterocycles. The van der Waals surface area contributed by atoms with Crippen LogP contribution in [0.4, 0.5) is 5.69 Å². The Balaban J connectivity index is 1.84. The molecule has 1 N–H and O–H groups in total. The van der Waals surface area contributed by atoms with E-state index in [0.29, 0.717) is 27.6 Å². The fraction of sp³-hybridized carbons (Fsp3) is 0.0526. The Labute approximate surface area is 148 Å². The standard InChI is InChI=1S/C19H15NO4S/c1-23-19(22)17-15(11-12-25-17)20-18(21)14-9-5-6-10-16(14)24-13-7-3-2-4-8-13/h2-12H,1H3,(H,20,21). The predicted molar refractivity (Wildman–Crippen MR) is 96.6 cm³/mol. The van der Waals surface area contributed by atoms with Crippen molar-refractivity contribution in [3.8, 4) is 11.5 Å². The summed E-state index contributed by atoms with van der Waals surface area (Å²) in [6.45, 7) is 0. The number of thiophene rings is 1. The van der Waals surface area contributed by atoms with Crippen LogP contribution >= 0.6 is 11.3 Å². The minimum Gasteiger partial charge on any atom is -0.465 e. The van der Waals surface area contributed by atoms with E-state index in [1.807, 2.05) is 30.3 Å². The smallest absolute Gasteiger partial charge is 0.350 e. The molecule has 126 valence electrons. The first-order chi connectivity index (χ1) is 12.2. The Hall–Kier alpha value is -3.12. The first-order valence-electron chi connectivity index (χ1n) is 7.48. The average molecular weight is 353 g/mol. The van der Waals surface area contributed by atoms with Gasteiger partial charge in [-0.1, -0.05) is 30.3 Å². The first-order valence-corrected chi connectivity index (χ1v) is 8.36. The Kier molecular flexibility index (Phi) is 5.11. The van der Waals surface area contributed by atoms with Gasteiger partial charge in [-0.05, 0) is 35.7 Å². The number of hydrogen-bond donors (Lipinski definition) is 1. The molecule has 3 rings (SSSR count). The topological polar surface area (TPSA) is 64.6 Å². The molecular weight excluding hydrogens is 338 g/mol. The van der Waals surface area contributed by atoms with Crippen LogP contribution in [0.5, 0.6) is 11.5 Å². The van der Waals surface area contributed by atoms with Crippen molar-refractivity contribution in [1.82, 2.24) is 0 Å². The molecule has 0 bridgehead atoms. The molecule has 5 nitrogen and oxygen atoms in total. The summed E-state index contributed by atoms with van der Waals surface area (Å²) < 4.78 is 10.5. The van der Waals surface area contributed by atoms with Gasteiger partial charge in [0.1, 0.15) is 16.4 Å². The van der Waals surface area contributed by atoms with Crippen LogP contribution in [0.3, 0.4) is 0 Å². The van der Waals surface area contributed by atoms with Crippen molar-refractivity contribution >= 4 is 28.9 Å². The molecule has 0 saturated heterocycles. The van der Waals surface area contributed by atoms with Gasteiger partial charge in [-0.15, -0.1) is 11.3 Å². The van der Waals surface area contributed by atoms with Gasteiger partial charge in [-0.2, -0.15) is 0 Å². The van der Waals surface area contributed by atoms with E-state index in [1.54, 1.807) is 35.7 Å². The van der Waals surface area contributed by atoms with Gasteiger partial charge in [-0.25, -0.2) is 4.79 Å². The van der Waals surface area contributed by atoms with Crippen LogP contribution in [0, 0.1) is 0 Å². The zero-order valence-electron chi connectivity index (χ0n) is 13.4. The highest BCUT2D eigenvalue weighted by atomic mass is 32.1. The molecule has 0 saturated carbocycles. The summed E-state index contributed by atoms with van der Waals surface area (Å²) in [5.41, 5.74) is 0.782. The molecule has 0 fully saturated rings. The van der Waals surface area contributed by atoms with Gasteiger partial charge in [0, 0.05) is 0 Å². The third kappa shape index (κ3) is 3.87. The Morgan fingerprint density at radius 2 is 1.68 bits per heavy atom. The highest BCUT2D eigenvalue weighted by Gasteiger charge is 2.18. The van der Waals surface area contributed by atoms with Crippen LogP contribution in [0.25, 0.3) is 0 Å². The van der Waals surface area contributed by atoms with Crippen LogP contribution < -0.4 is 10.1 Å². The van der Waals surface area contributed by atoms with E-state index in [-0.39, 0.29) is 5.91 Å². The van der Waals surface area contributed by atoms with E-state index >= 15 is 0 Å². The molecule has 0 atom stereocenters. The van der Waals surface area contributed by atoms with E-state index in [4.69, 9.17) is 9.47 Å². The Morgan fingerprint density at radius 1 is 0.960 bits per heavy atom. The highest BCUT2D eigenvalue weighted by molar-refractivity contribution is 7.12. The molecule has 0 aliphatic rings. The number of para-hydroxylation sites is 2. The molecule has 0 radical (unpaired) electrons. The second-order valence-electron chi connectivity index (χ2n) is 5.02. The molecule has 3 aromatic rings. The number of benzene rings is 2. The van der Waals surface area contributed by atoms with Crippen molar-refractivity contribution in [2.75, 3.05) is 12.4 Å². The quantitative estimate of drug-likeness (QED) is 0.682. The van der Waals surface area contributed by atoms with E-state index < -0.39 is 5.97 Å². The van der Waals surface area contributed by atoms with Gasteiger partial charge in [0.15, 0.2) is 0 Å². The van der Waals surface area contributed by atoms with Crippen molar-refractivity contribution in [3.63, 3.8) is 0 Å². The molecule has 0 aliphatic carbocycles. The maximum Gasteiger partial charge on any atom is 0.350 e. The molecule has 2 aromatic carbocycles. The van der Waals surface area contributed by atoms with Crippen molar-refractivity contribution in [2.24, 2.45) is 0 Å². The van der Waals surface area contributed by atoms with Crippen molar-refractivity contribution in [1.29, 1.82) is 0 Å². The van der Waals surface area contributed by atoms with E-state index in [9.17, 15) is 9.59 Å². The summed E-state index contributed by atoms with van der Waals surface area (Å²) in [4.78, 5) is 24.7. The first kappa shape index (κ1) is 16.7. The SMILES string of the molecule is COC(=O)c1sccc1NC(=O)c1ccccc1Oc1ccccc1. The van der Waals surface area contributed by atoms with Crippen LogP contribution in [0.15, 0.2) is 66.0 Å². The summed E-state index contributed by atoms with van der Waals surface area (Å²) in [6, 6.07) is 17.8. The number of hydrogen-bond acceptors (Lipinski definition) is 5.